The number of hydrogen-bond acceptors (Lipinski definition) is 3. The Balaban J connectivity index is 1.77. The first-order chi connectivity index (χ1) is 9.16. The molecule has 96 valence electrons. The number of fused-ring (bicyclic) bond motifs is 5. The number of carbonyl (C=O) groups excluding carboxylic acids is 2. The summed E-state index contributed by atoms with van der Waals surface area (Å²) in [4.78, 5) is 26.3. The molecule has 0 saturated carbocycles. The van der Waals surface area contributed by atoms with Crippen LogP contribution in [0.15, 0.2) is 40.9 Å². The van der Waals surface area contributed by atoms with Gasteiger partial charge in [0.1, 0.15) is 0 Å². The molecule has 0 aromatic heterocycles. The molecule has 3 aliphatic rings. The van der Waals surface area contributed by atoms with Gasteiger partial charge in [-0.3, -0.25) is 9.59 Å². The van der Waals surface area contributed by atoms with Crippen molar-refractivity contribution in [3.8, 4) is 0 Å². The number of amides is 2. The van der Waals surface area contributed by atoms with E-state index < -0.39 is 0 Å². The average Bonchev–Trinajstić information content (AvgIpc) is 3.04. The summed E-state index contributed by atoms with van der Waals surface area (Å²) >= 11 is 3.36. The quantitative estimate of drug-likeness (QED) is 0.586. The molecule has 2 bridgehead atoms. The highest BCUT2D eigenvalue weighted by atomic mass is 79.9. The van der Waals surface area contributed by atoms with Gasteiger partial charge in [-0.1, -0.05) is 34.1 Å². The number of benzene rings is 1. The zero-order valence-corrected chi connectivity index (χ0v) is 11.4. The molecular weight excluding hydrogens is 310 g/mol. The van der Waals surface area contributed by atoms with Gasteiger partial charge in [0.15, 0.2) is 0 Å². The summed E-state index contributed by atoms with van der Waals surface area (Å²) in [5, 5.41) is 0. The predicted octanol–water partition coefficient (Wildman–Crippen LogP) is 1.89. The molecule has 0 N–H and O–H groups in total. The second-order valence-electron chi connectivity index (χ2n) is 4.99. The predicted molar refractivity (Wildman–Crippen MR) is 71.4 cm³/mol. The van der Waals surface area contributed by atoms with E-state index in [4.69, 9.17) is 4.74 Å². The third kappa shape index (κ3) is 1.42. The van der Waals surface area contributed by atoms with Crippen LogP contribution in [0, 0.1) is 11.8 Å². The van der Waals surface area contributed by atoms with Crippen molar-refractivity contribution in [1.82, 2.24) is 0 Å². The number of anilines is 1. The minimum absolute atomic E-state index is 0.148. The maximum atomic E-state index is 12.5. The van der Waals surface area contributed by atoms with Crippen molar-refractivity contribution < 1.29 is 14.3 Å². The minimum atomic E-state index is -0.346. The molecule has 1 aromatic rings. The molecule has 4 nitrogen and oxygen atoms in total. The van der Waals surface area contributed by atoms with Crippen LogP contribution in [0.1, 0.15) is 0 Å². The van der Waals surface area contributed by atoms with Crippen molar-refractivity contribution in [2.75, 3.05) is 4.90 Å². The summed E-state index contributed by atoms with van der Waals surface area (Å²) in [6.45, 7) is 0. The highest BCUT2D eigenvalue weighted by molar-refractivity contribution is 9.10. The Hall–Kier alpha value is -1.46. The average molecular weight is 320 g/mol. The summed E-state index contributed by atoms with van der Waals surface area (Å²) < 4.78 is 6.45. The summed E-state index contributed by atoms with van der Waals surface area (Å²) in [5.41, 5.74) is 0.623. The van der Waals surface area contributed by atoms with Gasteiger partial charge in [-0.15, -0.1) is 0 Å². The molecule has 4 rings (SSSR count). The van der Waals surface area contributed by atoms with E-state index in [-0.39, 0.29) is 35.9 Å². The Morgan fingerprint density at radius 3 is 2.26 bits per heavy atom. The molecule has 4 atom stereocenters. The second-order valence-corrected chi connectivity index (χ2v) is 5.91. The third-order valence-electron chi connectivity index (χ3n) is 3.98. The summed E-state index contributed by atoms with van der Waals surface area (Å²) in [6.07, 6.45) is 3.32. The monoisotopic (exact) mass is 319 g/mol. The van der Waals surface area contributed by atoms with Crippen LogP contribution in [0.4, 0.5) is 5.69 Å². The fraction of sp³-hybridized carbons (Fsp3) is 0.286. The van der Waals surface area contributed by atoms with E-state index in [1.165, 1.54) is 4.90 Å². The van der Waals surface area contributed by atoms with Gasteiger partial charge >= 0.3 is 0 Å². The van der Waals surface area contributed by atoms with E-state index in [2.05, 4.69) is 15.9 Å². The Labute approximate surface area is 118 Å². The van der Waals surface area contributed by atoms with Crippen LogP contribution in [-0.4, -0.2) is 24.0 Å². The Kier molecular flexibility index (Phi) is 2.26. The molecule has 0 spiro atoms. The molecule has 2 amide bonds. The van der Waals surface area contributed by atoms with E-state index in [0.717, 1.165) is 4.47 Å². The Morgan fingerprint density at radius 1 is 1.05 bits per heavy atom. The van der Waals surface area contributed by atoms with E-state index in [9.17, 15) is 9.59 Å². The number of ether oxygens (including phenoxy) is 1. The van der Waals surface area contributed by atoms with Gasteiger partial charge in [0.05, 0.1) is 29.7 Å². The topological polar surface area (TPSA) is 46.6 Å². The smallest absolute Gasteiger partial charge is 0.240 e. The lowest BCUT2D eigenvalue weighted by molar-refractivity contribution is -0.124. The minimum Gasteiger partial charge on any atom is -0.365 e. The second kappa shape index (κ2) is 3.77. The van der Waals surface area contributed by atoms with Gasteiger partial charge in [-0.2, -0.15) is 0 Å². The van der Waals surface area contributed by atoms with Gasteiger partial charge in [0.2, 0.25) is 11.8 Å². The van der Waals surface area contributed by atoms with Crippen molar-refractivity contribution in [2.45, 2.75) is 12.2 Å². The molecule has 19 heavy (non-hydrogen) atoms. The molecule has 0 unspecified atom stereocenters. The molecule has 5 heteroatoms. The van der Waals surface area contributed by atoms with Crippen LogP contribution in [0.3, 0.4) is 0 Å². The van der Waals surface area contributed by atoms with Crippen LogP contribution in [0.25, 0.3) is 0 Å². The molecule has 1 aromatic carbocycles. The summed E-state index contributed by atoms with van der Waals surface area (Å²) in [7, 11) is 0. The van der Waals surface area contributed by atoms with Gasteiger partial charge in [0, 0.05) is 4.47 Å². The largest absolute Gasteiger partial charge is 0.365 e. The number of imide groups is 1. The van der Waals surface area contributed by atoms with Crippen LogP contribution in [0.2, 0.25) is 0 Å². The van der Waals surface area contributed by atoms with Crippen LogP contribution >= 0.6 is 15.9 Å². The van der Waals surface area contributed by atoms with Gasteiger partial charge in [-0.25, -0.2) is 4.90 Å². The zero-order chi connectivity index (χ0) is 13.1. The lowest BCUT2D eigenvalue weighted by Gasteiger charge is -2.17. The lowest BCUT2D eigenvalue weighted by Crippen LogP contribution is -2.34. The first-order valence-electron chi connectivity index (χ1n) is 6.14. The van der Waals surface area contributed by atoms with Gasteiger partial charge < -0.3 is 4.74 Å². The molecule has 0 aliphatic carbocycles. The fourth-order valence-corrected chi connectivity index (χ4v) is 3.56. The van der Waals surface area contributed by atoms with Crippen molar-refractivity contribution >= 4 is 33.4 Å². The van der Waals surface area contributed by atoms with Crippen LogP contribution < -0.4 is 4.90 Å². The normalized spacial score (nSPS) is 35.3. The fourth-order valence-electron chi connectivity index (χ4n) is 3.17. The molecule has 3 heterocycles. The van der Waals surface area contributed by atoms with Crippen molar-refractivity contribution in [2.24, 2.45) is 11.8 Å². The number of rotatable bonds is 1. The Bertz CT molecular complexity index is 597. The number of carbonyl (C=O) groups is 2. The van der Waals surface area contributed by atoms with Gasteiger partial charge in [-0.05, 0) is 18.2 Å². The number of halogens is 1. The first-order valence-corrected chi connectivity index (χ1v) is 6.93. The maximum absolute atomic E-state index is 12.5. The van der Waals surface area contributed by atoms with E-state index >= 15 is 0 Å². The van der Waals surface area contributed by atoms with Crippen LogP contribution in [-0.2, 0) is 14.3 Å². The molecule has 3 aliphatic heterocycles. The van der Waals surface area contributed by atoms with E-state index in [1.807, 2.05) is 24.3 Å². The lowest BCUT2D eigenvalue weighted by atomic mass is 9.85. The van der Waals surface area contributed by atoms with E-state index in [1.54, 1.807) is 12.1 Å². The molecular formula is C14H10BrNO3. The van der Waals surface area contributed by atoms with Crippen molar-refractivity contribution in [3.05, 3.63) is 40.9 Å². The standard InChI is InChI=1S/C14H10BrNO3/c15-7-2-1-3-8(6-7)16-13(17)11-9-4-5-10(19-9)12(11)14(16)18/h1-6,9-12H/t9-,10+,11+,12-. The number of hydrogen-bond donors (Lipinski definition) is 0. The molecule has 2 saturated heterocycles. The first kappa shape index (κ1) is 11.4. The van der Waals surface area contributed by atoms with Gasteiger partial charge in [0.25, 0.3) is 0 Å². The highest BCUT2D eigenvalue weighted by Crippen LogP contribution is 2.46. The summed E-state index contributed by atoms with van der Waals surface area (Å²) in [5.74, 6) is -0.988. The number of nitrogens with zero attached hydrogens (tertiary/aromatic N) is 1. The Morgan fingerprint density at radius 2 is 1.68 bits per heavy atom. The molecule has 0 radical (unpaired) electrons. The van der Waals surface area contributed by atoms with Crippen molar-refractivity contribution in [3.63, 3.8) is 0 Å². The van der Waals surface area contributed by atoms with E-state index in [0.29, 0.717) is 5.69 Å². The maximum Gasteiger partial charge on any atom is 0.240 e. The SMILES string of the molecule is O=C1[C@@H]2[C@H](C(=O)N1c1cccc(Br)c1)[C@@H]1C=C[C@H]2O1. The van der Waals surface area contributed by atoms with Crippen molar-refractivity contribution in [1.29, 1.82) is 0 Å². The molecule has 2 fully saturated rings. The third-order valence-corrected chi connectivity index (χ3v) is 4.47. The van der Waals surface area contributed by atoms with Crippen LogP contribution in [0.5, 0.6) is 0 Å². The summed E-state index contributed by atoms with van der Waals surface area (Å²) in [6, 6.07) is 7.24. The zero-order valence-electron chi connectivity index (χ0n) is 9.82. The highest BCUT2D eigenvalue weighted by Gasteiger charge is 2.60.